The second kappa shape index (κ2) is 5.38. The highest BCUT2D eigenvalue weighted by molar-refractivity contribution is 9.10. The summed E-state index contributed by atoms with van der Waals surface area (Å²) < 4.78 is 28.2. The minimum atomic E-state index is -3.90. The summed E-state index contributed by atoms with van der Waals surface area (Å²) in [7, 11) is -3.90. The summed E-state index contributed by atoms with van der Waals surface area (Å²) in [5.41, 5.74) is 0.755. The van der Waals surface area contributed by atoms with E-state index in [0.29, 0.717) is 10.0 Å². The molecule has 0 radical (unpaired) electrons. The van der Waals surface area contributed by atoms with E-state index < -0.39 is 16.0 Å². The van der Waals surface area contributed by atoms with Crippen molar-refractivity contribution in [3.8, 4) is 0 Å². The van der Waals surface area contributed by atoms with Gasteiger partial charge in [-0.05, 0) is 54.4 Å². The maximum absolute atomic E-state index is 11.7. The van der Waals surface area contributed by atoms with Crippen LogP contribution in [0, 0.1) is 6.92 Å². The minimum Gasteiger partial charge on any atom is -0.459 e. The summed E-state index contributed by atoms with van der Waals surface area (Å²) in [6.07, 6.45) is -0.278. The second-order valence-electron chi connectivity index (χ2n) is 4.10. The van der Waals surface area contributed by atoms with Gasteiger partial charge in [0, 0.05) is 4.47 Å². The summed E-state index contributed by atoms with van der Waals surface area (Å²) in [6.45, 7) is 5.10. The van der Waals surface area contributed by atoms with Crippen molar-refractivity contribution >= 4 is 31.9 Å². The highest BCUT2D eigenvalue weighted by atomic mass is 79.9. The third-order valence-corrected chi connectivity index (χ3v) is 4.36. The molecule has 0 atom stereocenters. The molecule has 1 aromatic rings. The SMILES string of the molecule is Cc1cc(C(=O)OC(C)C)cc(S(N)(=O)=O)c1Br. The van der Waals surface area contributed by atoms with E-state index in [1.807, 2.05) is 0 Å². The van der Waals surface area contributed by atoms with Crippen LogP contribution >= 0.6 is 15.9 Å². The van der Waals surface area contributed by atoms with Crippen LogP contribution in [-0.2, 0) is 14.8 Å². The van der Waals surface area contributed by atoms with Crippen molar-refractivity contribution in [1.29, 1.82) is 0 Å². The Bertz CT molecular complexity index is 581. The molecule has 5 nitrogen and oxygen atoms in total. The van der Waals surface area contributed by atoms with Gasteiger partial charge in [0.15, 0.2) is 0 Å². The van der Waals surface area contributed by atoms with Crippen LogP contribution in [0.2, 0.25) is 0 Å². The van der Waals surface area contributed by atoms with Gasteiger partial charge in [0.2, 0.25) is 10.0 Å². The molecule has 0 bridgehead atoms. The zero-order valence-electron chi connectivity index (χ0n) is 10.2. The van der Waals surface area contributed by atoms with Crippen molar-refractivity contribution in [2.24, 2.45) is 5.14 Å². The van der Waals surface area contributed by atoms with Gasteiger partial charge in [0.05, 0.1) is 16.6 Å². The van der Waals surface area contributed by atoms with Gasteiger partial charge in [-0.1, -0.05) is 0 Å². The summed E-state index contributed by atoms with van der Waals surface area (Å²) >= 11 is 3.14. The normalized spacial score (nSPS) is 11.7. The lowest BCUT2D eigenvalue weighted by Gasteiger charge is -2.11. The van der Waals surface area contributed by atoms with Crippen LogP contribution in [0.5, 0.6) is 0 Å². The molecule has 0 aliphatic heterocycles. The van der Waals surface area contributed by atoms with Crippen molar-refractivity contribution in [2.75, 3.05) is 0 Å². The maximum atomic E-state index is 11.7. The van der Waals surface area contributed by atoms with Gasteiger partial charge in [-0.3, -0.25) is 0 Å². The summed E-state index contributed by atoms with van der Waals surface area (Å²) in [5.74, 6) is -0.578. The molecule has 0 heterocycles. The fraction of sp³-hybridized carbons (Fsp3) is 0.364. The van der Waals surface area contributed by atoms with E-state index >= 15 is 0 Å². The Balaban J connectivity index is 3.34. The first-order chi connectivity index (χ1) is 8.12. The highest BCUT2D eigenvalue weighted by Crippen LogP contribution is 2.26. The Kier molecular flexibility index (Phi) is 4.52. The fourth-order valence-corrected chi connectivity index (χ4v) is 2.95. The monoisotopic (exact) mass is 335 g/mol. The van der Waals surface area contributed by atoms with Crippen molar-refractivity contribution in [3.05, 3.63) is 27.7 Å². The largest absolute Gasteiger partial charge is 0.459 e. The molecule has 7 heteroatoms. The number of sulfonamides is 1. The van der Waals surface area contributed by atoms with Crippen molar-refractivity contribution in [1.82, 2.24) is 0 Å². The number of aryl methyl sites for hydroxylation is 1. The smallest absolute Gasteiger partial charge is 0.338 e. The Hall–Kier alpha value is -0.920. The molecular weight excluding hydrogens is 322 g/mol. The first kappa shape index (κ1) is 15.1. The van der Waals surface area contributed by atoms with E-state index in [1.165, 1.54) is 6.07 Å². The van der Waals surface area contributed by atoms with E-state index in [1.54, 1.807) is 26.8 Å². The molecule has 0 amide bonds. The zero-order valence-corrected chi connectivity index (χ0v) is 12.6. The number of hydrogen-bond acceptors (Lipinski definition) is 4. The minimum absolute atomic E-state index is 0.127. The molecule has 0 unspecified atom stereocenters. The molecule has 2 N–H and O–H groups in total. The van der Waals surface area contributed by atoms with Crippen LogP contribution in [0.25, 0.3) is 0 Å². The van der Waals surface area contributed by atoms with E-state index in [9.17, 15) is 13.2 Å². The Labute approximate surface area is 114 Å². The third-order valence-electron chi connectivity index (χ3n) is 2.11. The number of carbonyl (C=O) groups excluding carboxylic acids is 1. The topological polar surface area (TPSA) is 86.5 Å². The molecule has 1 rings (SSSR count). The van der Waals surface area contributed by atoms with Crippen LogP contribution in [0.4, 0.5) is 0 Å². The Morgan fingerprint density at radius 2 is 1.94 bits per heavy atom. The van der Waals surface area contributed by atoms with E-state index in [0.717, 1.165) is 0 Å². The van der Waals surface area contributed by atoms with Crippen LogP contribution in [0.3, 0.4) is 0 Å². The summed E-state index contributed by atoms with van der Waals surface area (Å²) in [5, 5.41) is 5.09. The molecule has 100 valence electrons. The predicted octanol–water partition coefficient (Wildman–Crippen LogP) is 1.97. The molecular formula is C11H14BrNO4S. The highest BCUT2D eigenvalue weighted by Gasteiger charge is 2.19. The zero-order chi connectivity index (χ0) is 14.1. The van der Waals surface area contributed by atoms with Gasteiger partial charge < -0.3 is 4.74 Å². The number of esters is 1. The summed E-state index contributed by atoms with van der Waals surface area (Å²) in [4.78, 5) is 11.6. The van der Waals surface area contributed by atoms with Crippen molar-refractivity contribution < 1.29 is 17.9 Å². The van der Waals surface area contributed by atoms with Gasteiger partial charge in [0.1, 0.15) is 0 Å². The van der Waals surface area contributed by atoms with Crippen LogP contribution in [-0.4, -0.2) is 20.5 Å². The predicted molar refractivity (Wildman–Crippen MR) is 70.8 cm³/mol. The van der Waals surface area contributed by atoms with E-state index in [-0.39, 0.29) is 16.6 Å². The number of halogens is 1. The lowest BCUT2D eigenvalue weighted by molar-refractivity contribution is 0.0377. The van der Waals surface area contributed by atoms with Crippen molar-refractivity contribution in [2.45, 2.75) is 31.8 Å². The standard InChI is InChI=1S/C11H14BrNO4S/c1-6(2)17-11(14)8-4-7(3)10(12)9(5-8)18(13,15)16/h4-6H,1-3H3,(H2,13,15,16). The molecule has 0 aromatic heterocycles. The number of primary sulfonamides is 1. The number of nitrogens with two attached hydrogens (primary N) is 1. The molecule has 0 aliphatic carbocycles. The van der Waals surface area contributed by atoms with Gasteiger partial charge in [-0.25, -0.2) is 18.4 Å². The molecule has 0 saturated carbocycles. The average Bonchev–Trinajstić information content (AvgIpc) is 2.18. The quantitative estimate of drug-likeness (QED) is 0.855. The van der Waals surface area contributed by atoms with E-state index in [2.05, 4.69) is 15.9 Å². The first-order valence-electron chi connectivity index (χ1n) is 5.17. The van der Waals surface area contributed by atoms with Gasteiger partial charge in [-0.15, -0.1) is 0 Å². The van der Waals surface area contributed by atoms with Gasteiger partial charge in [-0.2, -0.15) is 0 Å². The Morgan fingerprint density at radius 1 is 1.39 bits per heavy atom. The molecule has 18 heavy (non-hydrogen) atoms. The molecule has 0 saturated heterocycles. The molecule has 0 fully saturated rings. The van der Waals surface area contributed by atoms with E-state index in [4.69, 9.17) is 9.88 Å². The number of rotatable bonds is 3. The van der Waals surface area contributed by atoms with Crippen LogP contribution in [0.15, 0.2) is 21.5 Å². The average molecular weight is 336 g/mol. The third kappa shape index (κ3) is 3.54. The Morgan fingerprint density at radius 3 is 2.39 bits per heavy atom. The molecule has 0 aliphatic rings. The van der Waals surface area contributed by atoms with Crippen LogP contribution < -0.4 is 5.14 Å². The maximum Gasteiger partial charge on any atom is 0.338 e. The molecule has 1 aromatic carbocycles. The van der Waals surface area contributed by atoms with Crippen LogP contribution in [0.1, 0.15) is 29.8 Å². The lowest BCUT2D eigenvalue weighted by Crippen LogP contribution is -2.16. The number of carbonyl (C=O) groups is 1. The second-order valence-corrected chi connectivity index (χ2v) is 6.43. The van der Waals surface area contributed by atoms with Gasteiger partial charge >= 0.3 is 5.97 Å². The number of benzene rings is 1. The lowest BCUT2D eigenvalue weighted by atomic mass is 10.1. The first-order valence-corrected chi connectivity index (χ1v) is 7.50. The molecule has 0 spiro atoms. The van der Waals surface area contributed by atoms with Gasteiger partial charge in [0.25, 0.3) is 0 Å². The van der Waals surface area contributed by atoms with Crippen molar-refractivity contribution in [3.63, 3.8) is 0 Å². The number of ether oxygens (including phenoxy) is 1. The fourth-order valence-electron chi connectivity index (χ4n) is 1.34. The number of hydrogen-bond donors (Lipinski definition) is 1. The summed E-state index contributed by atoms with van der Waals surface area (Å²) in [6, 6.07) is 2.75.